The van der Waals surface area contributed by atoms with Crippen LogP contribution in [0.15, 0.2) is 0 Å². The molecule has 1 atom stereocenters. The minimum absolute atomic E-state index is 0.372. The molecule has 1 unspecified atom stereocenters. The van der Waals surface area contributed by atoms with Gasteiger partial charge in [-0.05, 0) is 26.4 Å². The van der Waals surface area contributed by atoms with Gasteiger partial charge in [-0.2, -0.15) is 5.10 Å². The first-order valence-corrected chi connectivity index (χ1v) is 6.65. The SMILES string of the molecule is CC(C)c1nn(C)c(N2CCC(N(C)C)C2)c1N. The van der Waals surface area contributed by atoms with Crippen LogP contribution >= 0.6 is 0 Å². The van der Waals surface area contributed by atoms with Gasteiger partial charge in [0.1, 0.15) is 5.82 Å². The van der Waals surface area contributed by atoms with Crippen molar-refractivity contribution < 1.29 is 0 Å². The number of likely N-dealkylation sites (N-methyl/N-ethyl adjacent to an activating group) is 1. The molecule has 1 saturated heterocycles. The summed E-state index contributed by atoms with van der Waals surface area (Å²) in [6, 6.07) is 0.613. The van der Waals surface area contributed by atoms with Crippen LogP contribution in [0.4, 0.5) is 11.5 Å². The van der Waals surface area contributed by atoms with E-state index in [0.29, 0.717) is 12.0 Å². The van der Waals surface area contributed by atoms with Crippen LogP contribution in [0.5, 0.6) is 0 Å². The molecule has 0 aliphatic carbocycles. The number of aromatic nitrogens is 2. The van der Waals surface area contributed by atoms with Crippen molar-refractivity contribution >= 4 is 11.5 Å². The van der Waals surface area contributed by atoms with Crippen LogP contribution in [0.25, 0.3) is 0 Å². The number of nitrogen functional groups attached to an aromatic ring is 1. The van der Waals surface area contributed by atoms with Gasteiger partial charge in [0.15, 0.2) is 0 Å². The summed E-state index contributed by atoms with van der Waals surface area (Å²) in [6.07, 6.45) is 1.19. The summed E-state index contributed by atoms with van der Waals surface area (Å²) >= 11 is 0. The van der Waals surface area contributed by atoms with E-state index < -0.39 is 0 Å². The van der Waals surface area contributed by atoms with E-state index in [1.54, 1.807) is 0 Å². The first-order valence-electron chi connectivity index (χ1n) is 6.65. The topological polar surface area (TPSA) is 50.3 Å². The van der Waals surface area contributed by atoms with Gasteiger partial charge in [-0.1, -0.05) is 13.8 Å². The molecular formula is C13H25N5. The van der Waals surface area contributed by atoms with Gasteiger partial charge in [0.25, 0.3) is 0 Å². The fraction of sp³-hybridized carbons (Fsp3) is 0.769. The highest BCUT2D eigenvalue weighted by Gasteiger charge is 2.28. The van der Waals surface area contributed by atoms with Crippen LogP contribution < -0.4 is 10.6 Å². The van der Waals surface area contributed by atoms with Gasteiger partial charge in [-0.25, -0.2) is 0 Å². The zero-order valence-corrected chi connectivity index (χ0v) is 12.1. The second-order valence-electron chi connectivity index (χ2n) is 5.75. The van der Waals surface area contributed by atoms with Crippen LogP contribution in [0.2, 0.25) is 0 Å². The molecule has 5 heteroatoms. The Hall–Kier alpha value is -1.23. The second-order valence-corrected chi connectivity index (χ2v) is 5.75. The molecule has 2 rings (SSSR count). The van der Waals surface area contributed by atoms with Gasteiger partial charge < -0.3 is 15.5 Å². The fourth-order valence-electron chi connectivity index (χ4n) is 2.71. The first kappa shape index (κ1) is 13.2. The fourth-order valence-corrected chi connectivity index (χ4v) is 2.71. The lowest BCUT2D eigenvalue weighted by molar-refractivity contribution is 0.315. The summed E-state index contributed by atoms with van der Waals surface area (Å²) in [5.74, 6) is 1.46. The van der Waals surface area contributed by atoms with Gasteiger partial charge in [0, 0.05) is 26.2 Å². The monoisotopic (exact) mass is 251 g/mol. The van der Waals surface area contributed by atoms with Crippen molar-refractivity contribution in [3.05, 3.63) is 5.69 Å². The van der Waals surface area contributed by atoms with E-state index in [-0.39, 0.29) is 0 Å². The number of hydrogen-bond donors (Lipinski definition) is 1. The second kappa shape index (κ2) is 4.80. The maximum absolute atomic E-state index is 6.27. The number of anilines is 2. The van der Waals surface area contributed by atoms with E-state index in [1.165, 1.54) is 6.42 Å². The lowest BCUT2D eigenvalue weighted by atomic mass is 10.1. The Morgan fingerprint density at radius 1 is 1.39 bits per heavy atom. The molecule has 1 aliphatic rings. The summed E-state index contributed by atoms with van der Waals surface area (Å²) in [5.41, 5.74) is 8.14. The Bertz CT molecular complexity index is 421. The van der Waals surface area contributed by atoms with E-state index in [9.17, 15) is 0 Å². The standard InChI is InChI=1S/C13H25N5/c1-9(2)12-11(14)13(17(5)15-12)18-7-6-10(8-18)16(3)4/h9-10H,6-8,14H2,1-5H3. The molecule has 5 nitrogen and oxygen atoms in total. The molecule has 2 heterocycles. The molecule has 0 saturated carbocycles. The molecule has 2 N–H and O–H groups in total. The highest BCUT2D eigenvalue weighted by Crippen LogP contribution is 2.32. The lowest BCUT2D eigenvalue weighted by Gasteiger charge is -2.22. The number of nitrogens with zero attached hydrogens (tertiary/aromatic N) is 4. The number of rotatable bonds is 3. The van der Waals surface area contributed by atoms with Crippen LogP contribution in [0.1, 0.15) is 31.9 Å². The average Bonchev–Trinajstić information content (AvgIpc) is 2.83. The van der Waals surface area contributed by atoms with Crippen molar-refractivity contribution in [3.8, 4) is 0 Å². The molecule has 1 aliphatic heterocycles. The Balaban J connectivity index is 2.25. The Labute approximate surface area is 110 Å². The van der Waals surface area contributed by atoms with Crippen molar-refractivity contribution in [2.45, 2.75) is 32.2 Å². The maximum atomic E-state index is 6.27. The van der Waals surface area contributed by atoms with Crippen LogP contribution in [0, 0.1) is 0 Å². The average molecular weight is 251 g/mol. The lowest BCUT2D eigenvalue weighted by Crippen LogP contribution is -2.32. The number of nitrogens with two attached hydrogens (primary N) is 1. The van der Waals surface area contributed by atoms with Gasteiger partial charge in [-0.15, -0.1) is 0 Å². The smallest absolute Gasteiger partial charge is 0.150 e. The quantitative estimate of drug-likeness (QED) is 0.879. The van der Waals surface area contributed by atoms with Crippen molar-refractivity contribution in [2.75, 3.05) is 37.8 Å². The van der Waals surface area contributed by atoms with Crippen molar-refractivity contribution in [1.29, 1.82) is 0 Å². The summed E-state index contributed by atoms with van der Waals surface area (Å²) in [4.78, 5) is 4.65. The van der Waals surface area contributed by atoms with E-state index in [2.05, 4.69) is 42.8 Å². The van der Waals surface area contributed by atoms with E-state index in [4.69, 9.17) is 5.73 Å². The molecule has 1 fully saturated rings. The van der Waals surface area contributed by atoms with Gasteiger partial charge in [0.2, 0.25) is 0 Å². The van der Waals surface area contributed by atoms with Crippen molar-refractivity contribution in [3.63, 3.8) is 0 Å². The third-order valence-corrected chi connectivity index (χ3v) is 3.82. The summed E-state index contributed by atoms with van der Waals surface area (Å²) < 4.78 is 1.93. The Kier molecular flexibility index (Phi) is 3.52. The molecule has 0 aromatic carbocycles. The van der Waals surface area contributed by atoms with Crippen molar-refractivity contribution in [2.24, 2.45) is 7.05 Å². The summed E-state index contributed by atoms with van der Waals surface area (Å²) in [6.45, 7) is 6.36. The zero-order valence-electron chi connectivity index (χ0n) is 12.1. The zero-order chi connectivity index (χ0) is 13.4. The predicted molar refractivity (Wildman–Crippen MR) is 76.0 cm³/mol. The van der Waals surface area contributed by atoms with Gasteiger partial charge in [-0.3, -0.25) is 4.68 Å². The highest BCUT2D eigenvalue weighted by atomic mass is 15.4. The molecule has 0 spiro atoms. The van der Waals surface area contributed by atoms with Gasteiger partial charge in [0.05, 0.1) is 11.4 Å². The number of aryl methyl sites for hydroxylation is 1. The summed E-state index contributed by atoms with van der Waals surface area (Å²) in [7, 11) is 6.27. The molecule has 102 valence electrons. The normalized spacial score (nSPS) is 20.4. The first-order chi connectivity index (χ1) is 8.41. The van der Waals surface area contributed by atoms with Crippen LogP contribution in [-0.4, -0.2) is 47.9 Å². The Morgan fingerprint density at radius 2 is 2.06 bits per heavy atom. The van der Waals surface area contributed by atoms with Gasteiger partial charge >= 0.3 is 0 Å². The Morgan fingerprint density at radius 3 is 2.50 bits per heavy atom. The van der Waals surface area contributed by atoms with E-state index >= 15 is 0 Å². The van der Waals surface area contributed by atoms with Crippen molar-refractivity contribution in [1.82, 2.24) is 14.7 Å². The highest BCUT2D eigenvalue weighted by molar-refractivity contribution is 5.67. The molecular weight excluding hydrogens is 226 g/mol. The van der Waals surface area contributed by atoms with E-state index in [0.717, 1.165) is 30.3 Å². The van der Waals surface area contributed by atoms with E-state index in [1.807, 2.05) is 11.7 Å². The minimum atomic E-state index is 0.372. The largest absolute Gasteiger partial charge is 0.394 e. The third-order valence-electron chi connectivity index (χ3n) is 3.82. The maximum Gasteiger partial charge on any atom is 0.150 e. The molecule has 1 aromatic heterocycles. The molecule has 18 heavy (non-hydrogen) atoms. The minimum Gasteiger partial charge on any atom is -0.394 e. The molecule has 0 radical (unpaired) electrons. The van der Waals surface area contributed by atoms with Crippen LogP contribution in [-0.2, 0) is 7.05 Å². The molecule has 1 aromatic rings. The molecule has 0 amide bonds. The summed E-state index contributed by atoms with van der Waals surface area (Å²) in [5, 5.41) is 4.56. The molecule has 0 bridgehead atoms. The third kappa shape index (κ3) is 2.19. The number of hydrogen-bond acceptors (Lipinski definition) is 4. The predicted octanol–water partition coefficient (Wildman–Crippen LogP) is 1.27. The van der Waals surface area contributed by atoms with Crippen LogP contribution in [0.3, 0.4) is 0 Å².